The fourth-order valence-electron chi connectivity index (χ4n) is 4.65. The minimum absolute atomic E-state index is 0.0371. The molecule has 0 saturated carbocycles. The fourth-order valence-corrected chi connectivity index (χ4v) is 7.18. The Balaban J connectivity index is 0.000000304. The molecule has 0 atom stereocenters. The van der Waals surface area contributed by atoms with Gasteiger partial charge in [0.25, 0.3) is 0 Å². The minimum Gasteiger partial charge on any atom is -0.480 e. The standard InChI is InChI=1S/C15H15ClFN3O3S2.C14H20ClNO2.C3H8NO5P/c1-23-13(21)8-24-12-7-11(10(17)6-9(12)16)18-14-19-4-2-3-5-20(19)15(22)25-14;1-4-12-8-6-7-11(3)14(12)16(10-18-5-2)13(17)9-15;5-3(6)1-4-2-10(7,8)9/h6-7H,2-5,8H2,1H3;6-8H,4-5,9-10H2,1-3H3;4H,1-2H2,(H,5,6)(H2,7,8,9)/b18-14-;;. The van der Waals surface area contributed by atoms with Crippen LogP contribution in [0.25, 0.3) is 0 Å². The molecule has 0 spiro atoms. The number of hydrogen-bond acceptors (Lipinski definition) is 11. The highest BCUT2D eigenvalue weighted by Gasteiger charge is 2.20. The topological polar surface area (TPSA) is 202 Å². The molecule has 0 aliphatic carbocycles. The number of nitrogens with zero attached hydrogens (tertiary/aromatic N) is 4. The van der Waals surface area contributed by atoms with E-state index in [9.17, 15) is 28.1 Å². The van der Waals surface area contributed by atoms with Crippen LogP contribution in [0, 0.1) is 12.7 Å². The van der Waals surface area contributed by atoms with Gasteiger partial charge in [0.1, 0.15) is 24.1 Å². The van der Waals surface area contributed by atoms with E-state index < -0.39 is 38.2 Å². The predicted octanol–water partition coefficient (Wildman–Crippen LogP) is 4.71. The summed E-state index contributed by atoms with van der Waals surface area (Å²) in [5, 5.41) is 10.3. The number of aliphatic carboxylic acids is 1. The van der Waals surface area contributed by atoms with E-state index in [1.807, 2.05) is 32.0 Å². The number of halogens is 3. The molecule has 4 N–H and O–H groups in total. The molecule has 294 valence electrons. The van der Waals surface area contributed by atoms with E-state index in [2.05, 4.69) is 22.0 Å². The second kappa shape index (κ2) is 23.0. The highest BCUT2D eigenvalue weighted by Crippen LogP contribution is 2.33. The number of carbonyl (C=O) groups is 3. The lowest BCUT2D eigenvalue weighted by Crippen LogP contribution is -2.35. The minimum atomic E-state index is -4.10. The van der Waals surface area contributed by atoms with E-state index in [1.165, 1.54) is 13.2 Å². The second-order valence-corrected chi connectivity index (χ2v) is 15.2. The molecule has 0 saturated heterocycles. The van der Waals surface area contributed by atoms with Crippen molar-refractivity contribution in [1.29, 1.82) is 0 Å². The zero-order valence-corrected chi connectivity index (χ0v) is 33.6. The van der Waals surface area contributed by atoms with Crippen molar-refractivity contribution in [3.63, 3.8) is 0 Å². The number of rotatable bonds is 14. The molecule has 4 rings (SSSR count). The first-order valence-electron chi connectivity index (χ1n) is 16.1. The van der Waals surface area contributed by atoms with Crippen molar-refractivity contribution in [1.82, 2.24) is 14.7 Å². The molecule has 2 heterocycles. The molecule has 1 amide bonds. The van der Waals surface area contributed by atoms with Gasteiger partial charge in [0, 0.05) is 24.6 Å². The Morgan fingerprint density at radius 3 is 2.43 bits per heavy atom. The number of thioether (sulfide) groups is 1. The van der Waals surface area contributed by atoms with Gasteiger partial charge >= 0.3 is 24.4 Å². The largest absolute Gasteiger partial charge is 0.480 e. The van der Waals surface area contributed by atoms with Crippen molar-refractivity contribution in [3.05, 3.63) is 66.8 Å². The van der Waals surface area contributed by atoms with Gasteiger partial charge in [0.2, 0.25) is 10.7 Å². The lowest BCUT2D eigenvalue weighted by atomic mass is 10.0. The molecule has 21 heteroatoms. The molecule has 0 fully saturated rings. The van der Waals surface area contributed by atoms with Gasteiger partial charge in [-0.05, 0) is 67.7 Å². The summed E-state index contributed by atoms with van der Waals surface area (Å²) in [6.07, 6.45) is 2.17. The van der Waals surface area contributed by atoms with Gasteiger partial charge in [0.05, 0.1) is 36.4 Å². The Morgan fingerprint density at radius 1 is 1.17 bits per heavy atom. The number of alkyl halides is 1. The lowest BCUT2D eigenvalue weighted by Gasteiger charge is -2.25. The van der Waals surface area contributed by atoms with E-state index >= 15 is 0 Å². The average molecular weight is 843 g/mol. The number of hydrogen-bond donors (Lipinski definition) is 4. The number of carboxylic acid groups (broad SMARTS) is 1. The number of benzene rings is 2. The average Bonchev–Trinajstić information content (AvgIpc) is 3.43. The van der Waals surface area contributed by atoms with Crippen LogP contribution in [0.5, 0.6) is 0 Å². The number of ether oxygens (including phenoxy) is 2. The quantitative estimate of drug-likeness (QED) is 0.0574. The first-order valence-corrected chi connectivity index (χ1v) is 20.6. The third-order valence-corrected chi connectivity index (χ3v) is 10.3. The van der Waals surface area contributed by atoms with Crippen molar-refractivity contribution >= 4 is 83.1 Å². The summed E-state index contributed by atoms with van der Waals surface area (Å²) in [4.78, 5) is 68.2. The summed E-state index contributed by atoms with van der Waals surface area (Å²) in [5.41, 5.74) is 3.21. The van der Waals surface area contributed by atoms with Gasteiger partial charge in [-0.3, -0.25) is 38.6 Å². The maximum Gasteiger partial charge on any atom is 0.339 e. The van der Waals surface area contributed by atoms with Crippen molar-refractivity contribution < 1.29 is 47.7 Å². The number of amides is 1. The first kappa shape index (κ1) is 46.1. The highest BCUT2D eigenvalue weighted by atomic mass is 35.5. The maximum absolute atomic E-state index is 14.3. The van der Waals surface area contributed by atoms with Crippen LogP contribution in [0.2, 0.25) is 5.02 Å². The number of methoxy groups -OCH3 is 1. The number of esters is 1. The summed E-state index contributed by atoms with van der Waals surface area (Å²) in [5.74, 6) is -2.24. The monoisotopic (exact) mass is 841 g/mol. The summed E-state index contributed by atoms with van der Waals surface area (Å²) in [7, 11) is -2.80. The van der Waals surface area contributed by atoms with E-state index in [0.717, 1.165) is 65.2 Å². The van der Waals surface area contributed by atoms with Crippen molar-refractivity contribution in [3.8, 4) is 0 Å². The smallest absolute Gasteiger partial charge is 0.339 e. The van der Waals surface area contributed by atoms with Gasteiger partial charge in [-0.15, -0.1) is 23.4 Å². The summed E-state index contributed by atoms with van der Waals surface area (Å²) in [6, 6.07) is 8.67. The number of carboxylic acids is 1. The lowest BCUT2D eigenvalue weighted by molar-refractivity contribution is -0.137. The van der Waals surface area contributed by atoms with E-state index in [-0.39, 0.29) is 39.9 Å². The molecule has 15 nitrogen and oxygen atoms in total. The number of nitrogens with one attached hydrogen (secondary N) is 1. The normalized spacial score (nSPS) is 12.5. The molecule has 1 aromatic heterocycles. The predicted molar refractivity (Wildman–Crippen MR) is 203 cm³/mol. The number of para-hydroxylation sites is 1. The van der Waals surface area contributed by atoms with Gasteiger partial charge in [-0.1, -0.05) is 36.7 Å². The highest BCUT2D eigenvalue weighted by molar-refractivity contribution is 8.00. The Bertz CT molecular complexity index is 1890. The number of carbonyl (C=O) groups excluding carboxylic acids is 2. The molecular weight excluding hydrogens is 799 g/mol. The molecule has 0 radical (unpaired) electrons. The van der Waals surface area contributed by atoms with E-state index in [0.29, 0.717) is 29.4 Å². The van der Waals surface area contributed by atoms with Crippen LogP contribution in [0.1, 0.15) is 37.8 Å². The van der Waals surface area contributed by atoms with E-state index in [4.69, 9.17) is 42.8 Å². The van der Waals surface area contributed by atoms with Crippen LogP contribution >= 0.6 is 53.9 Å². The van der Waals surface area contributed by atoms with Crippen molar-refractivity contribution in [2.75, 3.05) is 49.8 Å². The maximum atomic E-state index is 14.3. The van der Waals surface area contributed by atoms with Gasteiger partial charge < -0.3 is 24.4 Å². The summed E-state index contributed by atoms with van der Waals surface area (Å²) >= 11 is 13.8. The van der Waals surface area contributed by atoms with Gasteiger partial charge in [0.15, 0.2) is 0 Å². The molecule has 3 aromatic rings. The SMILES string of the molecule is CCOCN(C(=O)CCl)c1c(C)cccc1CC.COC(=O)CSc1cc(/N=c2\sc(=O)n3n2CCCC3)c(F)cc1Cl.O=C(O)CNCP(=O)(O)O. The number of fused-ring (bicyclic) bond motifs is 1. The summed E-state index contributed by atoms with van der Waals surface area (Å²) in [6.45, 7) is 7.68. The molecule has 53 heavy (non-hydrogen) atoms. The molecule has 0 bridgehead atoms. The van der Waals surface area contributed by atoms with Crippen LogP contribution in [0.15, 0.2) is 45.0 Å². The Kier molecular flexibility index (Phi) is 20.0. The zero-order chi connectivity index (χ0) is 39.7. The van der Waals surface area contributed by atoms with E-state index in [1.54, 1.807) is 14.3 Å². The fraction of sp³-hybridized carbons (Fsp3) is 0.469. The molecule has 0 unspecified atom stereocenters. The molecule has 1 aliphatic rings. The number of aromatic nitrogens is 2. The van der Waals surface area contributed by atoms with Gasteiger partial charge in [-0.25, -0.2) is 14.1 Å². The third-order valence-electron chi connectivity index (χ3n) is 7.09. The van der Waals surface area contributed by atoms with Crippen molar-refractivity contribution in [2.45, 2.75) is 58.0 Å². The summed E-state index contributed by atoms with van der Waals surface area (Å²) < 4.78 is 37.7. The van der Waals surface area contributed by atoms with Crippen LogP contribution < -0.4 is 19.9 Å². The Morgan fingerprint density at radius 2 is 1.85 bits per heavy atom. The third kappa shape index (κ3) is 15.3. The zero-order valence-electron chi connectivity index (χ0n) is 29.6. The molecule has 2 aromatic carbocycles. The van der Waals surface area contributed by atoms with Crippen LogP contribution in [0.3, 0.4) is 0 Å². The molecule has 1 aliphatic heterocycles. The first-order chi connectivity index (χ1) is 25.1. The van der Waals surface area contributed by atoms with Crippen LogP contribution in [0.4, 0.5) is 15.8 Å². The molecular formula is C32H43Cl2FN5O10PS2. The van der Waals surface area contributed by atoms with Crippen LogP contribution in [-0.4, -0.2) is 87.0 Å². The Labute approximate surface area is 323 Å². The number of aryl methyl sites for hydroxylation is 2. The van der Waals surface area contributed by atoms with Crippen molar-refractivity contribution in [2.24, 2.45) is 4.99 Å². The van der Waals surface area contributed by atoms with Gasteiger partial charge in [-0.2, -0.15) is 0 Å². The van der Waals surface area contributed by atoms with Crippen LogP contribution in [-0.2, 0) is 47.9 Å². The number of anilines is 1. The second-order valence-electron chi connectivity index (χ2n) is 11.0. The Hall–Kier alpha value is -3.06.